The number of halogens is 2. The number of ether oxygens (including phenoxy) is 1. The van der Waals surface area contributed by atoms with E-state index in [1.54, 1.807) is 12.4 Å². The fraction of sp³-hybridized carbons (Fsp3) is 0.310. The minimum absolute atomic E-state index is 0.334. The zero-order chi connectivity index (χ0) is 25.8. The molecule has 8 heteroatoms. The molecule has 2 N–H and O–H groups in total. The van der Waals surface area contributed by atoms with Crippen LogP contribution in [0.4, 0.5) is 0 Å². The predicted octanol–water partition coefficient (Wildman–Crippen LogP) is 6.76. The van der Waals surface area contributed by atoms with Crippen LogP contribution in [0, 0.1) is 0 Å². The highest BCUT2D eigenvalue weighted by atomic mass is 35.5. The Morgan fingerprint density at radius 1 is 1.08 bits per heavy atom. The van der Waals surface area contributed by atoms with Gasteiger partial charge < -0.3 is 15.0 Å². The van der Waals surface area contributed by atoms with Crippen LogP contribution in [0.5, 0.6) is 5.75 Å². The number of benzene rings is 2. The highest BCUT2D eigenvalue weighted by Crippen LogP contribution is 2.33. The largest absolute Gasteiger partial charge is 0.486 e. The summed E-state index contributed by atoms with van der Waals surface area (Å²) < 4.78 is 6.17. The zero-order valence-electron chi connectivity index (χ0n) is 21.0. The third-order valence-electron chi connectivity index (χ3n) is 6.90. The van der Waals surface area contributed by atoms with Crippen LogP contribution >= 0.6 is 23.2 Å². The number of pyridine rings is 1. The number of piperidine rings is 1. The molecule has 1 unspecified atom stereocenters. The van der Waals surface area contributed by atoms with Crippen molar-refractivity contribution in [2.45, 2.75) is 38.5 Å². The number of rotatable bonds is 8. The van der Waals surface area contributed by atoms with E-state index in [1.807, 2.05) is 31.2 Å². The van der Waals surface area contributed by atoms with E-state index in [0.717, 1.165) is 34.3 Å². The average molecular weight is 537 g/mol. The van der Waals surface area contributed by atoms with Crippen molar-refractivity contribution in [2.24, 2.45) is 0 Å². The van der Waals surface area contributed by atoms with Gasteiger partial charge in [-0.25, -0.2) is 0 Å². The van der Waals surface area contributed by atoms with Crippen molar-refractivity contribution >= 4 is 46.3 Å². The summed E-state index contributed by atoms with van der Waals surface area (Å²) in [5.74, 6) is 0.710. The lowest BCUT2D eigenvalue weighted by molar-refractivity contribution is 0.227. The van der Waals surface area contributed by atoms with Crippen molar-refractivity contribution in [2.75, 3.05) is 20.1 Å². The molecule has 0 amide bonds. The molecule has 0 saturated carbocycles. The second-order valence-corrected chi connectivity index (χ2v) is 10.4. The summed E-state index contributed by atoms with van der Waals surface area (Å²) in [5, 5.41) is 13.2. The van der Waals surface area contributed by atoms with E-state index in [2.05, 4.69) is 62.8 Å². The molecule has 2 aromatic heterocycles. The molecular formula is C29H31Cl2N5O. The summed E-state index contributed by atoms with van der Waals surface area (Å²) in [7, 11) is 2.19. The maximum atomic E-state index is 6.30. The molecule has 1 saturated heterocycles. The number of likely N-dealkylation sites (tertiary alicyclic amines) is 1. The zero-order valence-corrected chi connectivity index (χ0v) is 22.6. The SMILES string of the molecule is CC(Oc1ccc2[nH]nc(/C=C/c3ccc(CNC4CCN(C)CC4)cc3)c2c1)c1c(Cl)cncc1Cl. The lowest BCUT2D eigenvalue weighted by Gasteiger charge is -2.29. The van der Waals surface area contributed by atoms with Gasteiger partial charge in [-0.1, -0.05) is 53.5 Å². The molecule has 1 aliphatic rings. The minimum atomic E-state index is -0.334. The van der Waals surface area contributed by atoms with Gasteiger partial charge in [0.2, 0.25) is 0 Å². The van der Waals surface area contributed by atoms with Gasteiger partial charge in [0.25, 0.3) is 0 Å². The van der Waals surface area contributed by atoms with Gasteiger partial charge in [0, 0.05) is 35.9 Å². The first kappa shape index (κ1) is 25.7. The van der Waals surface area contributed by atoms with E-state index in [-0.39, 0.29) is 6.10 Å². The molecule has 2 aromatic carbocycles. The molecule has 37 heavy (non-hydrogen) atoms. The van der Waals surface area contributed by atoms with E-state index in [4.69, 9.17) is 27.9 Å². The third kappa shape index (κ3) is 6.33. The maximum absolute atomic E-state index is 6.30. The van der Waals surface area contributed by atoms with Gasteiger partial charge in [-0.15, -0.1) is 0 Å². The second-order valence-electron chi connectivity index (χ2n) is 9.63. The fourth-order valence-electron chi connectivity index (χ4n) is 4.68. The molecule has 0 bridgehead atoms. The Morgan fingerprint density at radius 3 is 2.54 bits per heavy atom. The summed E-state index contributed by atoms with van der Waals surface area (Å²) in [6, 6.07) is 15.1. The van der Waals surface area contributed by atoms with Crippen LogP contribution in [-0.2, 0) is 6.54 Å². The van der Waals surface area contributed by atoms with Gasteiger partial charge in [0.15, 0.2) is 0 Å². The number of nitrogens with one attached hydrogen (secondary N) is 2. The smallest absolute Gasteiger partial charge is 0.124 e. The first-order valence-corrected chi connectivity index (χ1v) is 13.3. The van der Waals surface area contributed by atoms with Gasteiger partial charge >= 0.3 is 0 Å². The van der Waals surface area contributed by atoms with Crippen LogP contribution in [0.2, 0.25) is 10.0 Å². The van der Waals surface area contributed by atoms with Gasteiger partial charge in [-0.3, -0.25) is 10.1 Å². The lowest BCUT2D eigenvalue weighted by atomic mass is 10.0. The summed E-state index contributed by atoms with van der Waals surface area (Å²) in [4.78, 5) is 6.41. The fourth-order valence-corrected chi connectivity index (χ4v) is 5.36. The molecule has 1 fully saturated rings. The number of hydrogen-bond acceptors (Lipinski definition) is 5. The van der Waals surface area contributed by atoms with E-state index in [9.17, 15) is 0 Å². The van der Waals surface area contributed by atoms with Crippen molar-refractivity contribution in [3.8, 4) is 5.75 Å². The normalized spacial score (nSPS) is 16.0. The van der Waals surface area contributed by atoms with Crippen LogP contribution in [0.25, 0.3) is 23.1 Å². The minimum Gasteiger partial charge on any atom is -0.486 e. The van der Waals surface area contributed by atoms with Crippen LogP contribution in [0.1, 0.15) is 48.3 Å². The predicted molar refractivity (Wildman–Crippen MR) is 152 cm³/mol. The maximum Gasteiger partial charge on any atom is 0.124 e. The highest BCUT2D eigenvalue weighted by molar-refractivity contribution is 6.35. The number of nitrogens with zero attached hydrogens (tertiary/aromatic N) is 3. The summed E-state index contributed by atoms with van der Waals surface area (Å²) in [5.41, 5.74) is 4.93. The molecule has 6 nitrogen and oxygen atoms in total. The monoisotopic (exact) mass is 535 g/mol. The van der Waals surface area contributed by atoms with E-state index >= 15 is 0 Å². The molecule has 4 aromatic rings. The Labute approximate surface area is 227 Å². The first-order chi connectivity index (χ1) is 18.0. The van der Waals surface area contributed by atoms with E-state index < -0.39 is 0 Å². The Kier molecular flexibility index (Phi) is 8.11. The van der Waals surface area contributed by atoms with Crippen molar-refractivity contribution in [1.29, 1.82) is 0 Å². The van der Waals surface area contributed by atoms with Crippen LogP contribution in [0.15, 0.2) is 54.9 Å². The number of aromatic amines is 1. The highest BCUT2D eigenvalue weighted by Gasteiger charge is 2.17. The van der Waals surface area contributed by atoms with Gasteiger partial charge in [0.1, 0.15) is 11.9 Å². The summed E-state index contributed by atoms with van der Waals surface area (Å²) in [6.45, 7) is 5.16. The first-order valence-electron chi connectivity index (χ1n) is 12.6. The number of fused-ring (bicyclic) bond motifs is 1. The summed E-state index contributed by atoms with van der Waals surface area (Å²) in [6.07, 6.45) is 9.34. The molecule has 1 aliphatic heterocycles. The molecule has 3 heterocycles. The molecule has 0 aliphatic carbocycles. The molecular weight excluding hydrogens is 505 g/mol. The molecule has 192 valence electrons. The van der Waals surface area contributed by atoms with E-state index in [0.29, 0.717) is 21.8 Å². The number of H-pyrrole nitrogens is 1. The van der Waals surface area contributed by atoms with Crippen molar-refractivity contribution < 1.29 is 4.74 Å². The molecule has 0 spiro atoms. The Balaban J connectivity index is 1.24. The average Bonchev–Trinajstić information content (AvgIpc) is 3.30. The molecule has 5 rings (SSSR count). The van der Waals surface area contributed by atoms with Crippen molar-refractivity contribution in [3.05, 3.63) is 87.3 Å². The Hall–Kier alpha value is -2.90. The summed E-state index contributed by atoms with van der Waals surface area (Å²) >= 11 is 12.6. The van der Waals surface area contributed by atoms with Crippen LogP contribution in [0.3, 0.4) is 0 Å². The Bertz CT molecular complexity index is 1360. The van der Waals surface area contributed by atoms with E-state index in [1.165, 1.54) is 31.5 Å². The molecule has 0 radical (unpaired) electrons. The van der Waals surface area contributed by atoms with Gasteiger partial charge in [-0.2, -0.15) is 5.10 Å². The topological polar surface area (TPSA) is 66.1 Å². The van der Waals surface area contributed by atoms with Crippen molar-refractivity contribution in [1.82, 2.24) is 25.4 Å². The number of aromatic nitrogens is 3. The van der Waals surface area contributed by atoms with Crippen LogP contribution in [-0.4, -0.2) is 46.3 Å². The molecule has 1 atom stereocenters. The van der Waals surface area contributed by atoms with Gasteiger partial charge in [0.05, 0.1) is 21.3 Å². The van der Waals surface area contributed by atoms with Gasteiger partial charge in [-0.05, 0) is 75.3 Å². The standard InChI is InChI=1S/C29H31Cl2N5O/c1-19(29-25(30)17-32-18-26(29)31)37-23-8-10-28-24(15-23)27(34-35-28)9-7-20-3-5-21(6-4-20)16-33-22-11-13-36(2)14-12-22/h3-10,15,17-19,22,33H,11-14,16H2,1-2H3,(H,34,35)/b9-7+. The third-order valence-corrected chi connectivity index (χ3v) is 7.50. The Morgan fingerprint density at radius 2 is 1.81 bits per heavy atom. The second kappa shape index (κ2) is 11.7. The number of hydrogen-bond donors (Lipinski definition) is 2. The quantitative estimate of drug-likeness (QED) is 0.261. The van der Waals surface area contributed by atoms with Crippen molar-refractivity contribution in [3.63, 3.8) is 0 Å². The van der Waals surface area contributed by atoms with Crippen LogP contribution < -0.4 is 10.1 Å². The lowest BCUT2D eigenvalue weighted by Crippen LogP contribution is -2.40.